The molecule has 4 N–H and O–H groups in total. The number of amides is 1. The van der Waals surface area contributed by atoms with Gasteiger partial charge in [-0.15, -0.1) is 0 Å². The molecule has 0 spiro atoms. The number of hydrogen-bond acceptors (Lipinski definition) is 8. The Labute approximate surface area is 197 Å². The monoisotopic (exact) mass is 516 g/mol. The van der Waals surface area contributed by atoms with Crippen molar-refractivity contribution in [3.63, 3.8) is 0 Å². The van der Waals surface area contributed by atoms with Crippen molar-refractivity contribution in [1.82, 2.24) is 14.7 Å². The van der Waals surface area contributed by atoms with Crippen molar-refractivity contribution in [2.24, 2.45) is 0 Å². The number of likely N-dealkylation sites (N-methyl/N-ethyl adjacent to an activating group) is 1. The Hall–Kier alpha value is -2.87. The normalized spacial score (nSPS) is 11.3. The summed E-state index contributed by atoms with van der Waals surface area (Å²) in [5, 5.41) is 8.72. The number of anilines is 3. The van der Waals surface area contributed by atoms with Gasteiger partial charge in [0, 0.05) is 41.4 Å². The average Bonchev–Trinajstić information content (AvgIpc) is 3.25. The smallest absolute Gasteiger partial charge is 0.266 e. The molecule has 176 valence electrons. The molecule has 2 aromatic carbocycles. The zero-order chi connectivity index (χ0) is 24.0. The third-order valence-corrected chi connectivity index (χ3v) is 6.53. The highest BCUT2D eigenvalue weighted by molar-refractivity contribution is 7.93. The van der Waals surface area contributed by atoms with E-state index in [1.165, 1.54) is 18.2 Å². The average molecular weight is 517 g/mol. The molecule has 3 aromatic rings. The second-order valence-electron chi connectivity index (χ2n) is 6.54. The van der Waals surface area contributed by atoms with Gasteiger partial charge in [-0.1, -0.05) is 18.5 Å². The Morgan fingerprint density at radius 1 is 1.12 bits per heavy atom. The third-order valence-electron chi connectivity index (χ3n) is 4.24. The molecule has 0 atom stereocenters. The van der Waals surface area contributed by atoms with Crippen LogP contribution in [0.25, 0.3) is 0 Å². The Balaban J connectivity index is 1.81. The molecule has 0 aliphatic carbocycles. The molecule has 33 heavy (non-hydrogen) atoms. The molecule has 0 radical (unpaired) electrons. The van der Waals surface area contributed by atoms with E-state index in [-0.39, 0.29) is 10.7 Å². The van der Waals surface area contributed by atoms with Crippen molar-refractivity contribution >= 4 is 55.6 Å². The minimum absolute atomic E-state index is 0.107. The van der Waals surface area contributed by atoms with Crippen LogP contribution in [0.1, 0.15) is 17.3 Å². The van der Waals surface area contributed by atoms with Crippen LogP contribution in [0.2, 0.25) is 5.02 Å². The molecule has 1 heterocycles. The summed E-state index contributed by atoms with van der Waals surface area (Å²) in [4.78, 5) is 15.4. The summed E-state index contributed by atoms with van der Waals surface area (Å²) in [6.45, 7) is 3.85. The van der Waals surface area contributed by atoms with Crippen molar-refractivity contribution < 1.29 is 22.0 Å². The lowest BCUT2D eigenvalue weighted by molar-refractivity contribution is 0.102. The van der Waals surface area contributed by atoms with Crippen LogP contribution in [0.5, 0.6) is 0 Å². The summed E-state index contributed by atoms with van der Waals surface area (Å²) in [5.41, 5.74) is 0.0190. The van der Waals surface area contributed by atoms with Crippen molar-refractivity contribution in [3.8, 4) is 0 Å². The standard InChI is InChI=1S/C19H19ClF2N6O3S2/c1-2-23-5-6-24-15-7-11(20)3-4-12(15)18(29)27-16-8-14(22)17(9-13(16)21)33(30,31)28-19-25-10-26-32-19/h3-4,7-10,23-24H,2,5-6H2,1H3,(H,27,29)(H,25,26,28). The number of nitrogens with zero attached hydrogens (tertiary/aromatic N) is 2. The van der Waals surface area contributed by atoms with Crippen LogP contribution in [0, 0.1) is 11.6 Å². The number of halogens is 3. The Bertz CT molecular complexity index is 1240. The Kier molecular flexibility index (Phi) is 8.13. The van der Waals surface area contributed by atoms with E-state index < -0.39 is 38.1 Å². The van der Waals surface area contributed by atoms with Crippen molar-refractivity contribution in [3.05, 3.63) is 58.9 Å². The summed E-state index contributed by atoms with van der Waals surface area (Å²) >= 11 is 6.74. The Morgan fingerprint density at radius 3 is 2.61 bits per heavy atom. The maximum absolute atomic E-state index is 14.6. The molecule has 1 amide bonds. The minimum atomic E-state index is -4.46. The second kappa shape index (κ2) is 10.8. The first-order chi connectivity index (χ1) is 15.7. The number of carbonyl (C=O) groups excluding carboxylic acids is 1. The number of aromatic nitrogens is 2. The van der Waals surface area contributed by atoms with E-state index in [2.05, 4.69) is 25.3 Å². The molecule has 0 saturated carbocycles. The number of hydrogen-bond donors (Lipinski definition) is 4. The lowest BCUT2D eigenvalue weighted by Gasteiger charge is -2.14. The second-order valence-corrected chi connectivity index (χ2v) is 9.41. The number of rotatable bonds is 10. The van der Waals surface area contributed by atoms with Crippen LogP contribution >= 0.6 is 23.1 Å². The molecule has 0 saturated heterocycles. The van der Waals surface area contributed by atoms with E-state index in [1.807, 2.05) is 11.6 Å². The van der Waals surface area contributed by atoms with E-state index in [4.69, 9.17) is 11.6 Å². The fourth-order valence-electron chi connectivity index (χ4n) is 2.73. The zero-order valence-electron chi connectivity index (χ0n) is 17.2. The van der Waals surface area contributed by atoms with E-state index in [0.717, 1.165) is 24.4 Å². The highest BCUT2D eigenvalue weighted by atomic mass is 35.5. The molecular formula is C19H19ClF2N6O3S2. The van der Waals surface area contributed by atoms with Gasteiger partial charge in [0.25, 0.3) is 15.9 Å². The molecule has 1 aromatic heterocycles. The summed E-state index contributed by atoms with van der Waals surface area (Å²) in [6.07, 6.45) is 1.11. The lowest BCUT2D eigenvalue weighted by atomic mass is 10.1. The number of nitrogens with one attached hydrogen (secondary N) is 4. The van der Waals surface area contributed by atoms with E-state index in [1.54, 1.807) is 0 Å². The SMILES string of the molecule is CCNCCNc1cc(Cl)ccc1C(=O)Nc1cc(F)c(S(=O)(=O)Nc2ncns2)cc1F. The molecule has 0 aliphatic heterocycles. The van der Waals surface area contributed by atoms with Gasteiger partial charge in [-0.3, -0.25) is 9.52 Å². The summed E-state index contributed by atoms with van der Waals surface area (Å²) < 4.78 is 59.5. The highest BCUT2D eigenvalue weighted by Crippen LogP contribution is 2.27. The number of carbonyl (C=O) groups is 1. The maximum atomic E-state index is 14.6. The zero-order valence-corrected chi connectivity index (χ0v) is 19.5. The predicted octanol–water partition coefficient (Wildman–Crippen LogP) is 3.54. The molecule has 0 aliphatic rings. The van der Waals surface area contributed by atoms with Gasteiger partial charge in [-0.2, -0.15) is 4.37 Å². The van der Waals surface area contributed by atoms with Gasteiger partial charge in [-0.05, 0) is 30.8 Å². The van der Waals surface area contributed by atoms with Gasteiger partial charge in [0.2, 0.25) is 5.13 Å². The summed E-state index contributed by atoms with van der Waals surface area (Å²) in [6, 6.07) is 5.53. The number of sulfonamides is 1. The topological polar surface area (TPSA) is 125 Å². The molecule has 9 nitrogen and oxygen atoms in total. The first kappa shape index (κ1) is 24.8. The fraction of sp³-hybridized carbons (Fsp3) is 0.211. The quantitative estimate of drug-likeness (QED) is 0.304. The van der Waals surface area contributed by atoms with Crippen molar-refractivity contribution in [2.45, 2.75) is 11.8 Å². The molecule has 0 unspecified atom stereocenters. The Morgan fingerprint density at radius 2 is 1.91 bits per heavy atom. The minimum Gasteiger partial charge on any atom is -0.383 e. The van der Waals surface area contributed by atoms with Crippen molar-refractivity contribution in [1.29, 1.82) is 0 Å². The van der Waals surface area contributed by atoms with Gasteiger partial charge < -0.3 is 16.0 Å². The van der Waals surface area contributed by atoms with E-state index in [9.17, 15) is 22.0 Å². The third kappa shape index (κ3) is 6.35. The largest absolute Gasteiger partial charge is 0.383 e. The van der Waals surface area contributed by atoms with Gasteiger partial charge in [0.05, 0.1) is 11.3 Å². The summed E-state index contributed by atoms with van der Waals surface area (Å²) in [7, 11) is -4.46. The van der Waals surface area contributed by atoms with E-state index in [0.29, 0.717) is 35.9 Å². The molecule has 0 bridgehead atoms. The molecule has 0 fully saturated rings. The fourth-order valence-corrected chi connectivity index (χ4v) is 4.64. The number of benzene rings is 2. The first-order valence-corrected chi connectivity index (χ1v) is 12.2. The van der Waals surface area contributed by atoms with Gasteiger partial charge in [0.1, 0.15) is 22.9 Å². The maximum Gasteiger partial charge on any atom is 0.266 e. The molecule has 3 rings (SSSR count). The van der Waals surface area contributed by atoms with Crippen LogP contribution in [0.3, 0.4) is 0 Å². The van der Waals surface area contributed by atoms with Crippen LogP contribution in [0.15, 0.2) is 41.6 Å². The van der Waals surface area contributed by atoms with Crippen molar-refractivity contribution in [2.75, 3.05) is 35.0 Å². The van der Waals surface area contributed by atoms with Crippen LogP contribution in [-0.2, 0) is 10.0 Å². The van der Waals surface area contributed by atoms with Gasteiger partial charge in [-0.25, -0.2) is 22.2 Å². The lowest BCUT2D eigenvalue weighted by Crippen LogP contribution is -2.23. The first-order valence-electron chi connectivity index (χ1n) is 9.55. The van der Waals surface area contributed by atoms with Gasteiger partial charge in [0.15, 0.2) is 0 Å². The molecular weight excluding hydrogens is 498 g/mol. The van der Waals surface area contributed by atoms with Crippen LogP contribution in [-0.4, -0.2) is 43.3 Å². The van der Waals surface area contributed by atoms with Crippen LogP contribution in [0.4, 0.5) is 25.3 Å². The van der Waals surface area contributed by atoms with Crippen LogP contribution < -0.4 is 20.7 Å². The predicted molar refractivity (Wildman–Crippen MR) is 124 cm³/mol. The molecule has 14 heteroatoms. The van der Waals surface area contributed by atoms with Gasteiger partial charge >= 0.3 is 0 Å². The summed E-state index contributed by atoms with van der Waals surface area (Å²) in [5.74, 6) is -3.14. The highest BCUT2D eigenvalue weighted by Gasteiger charge is 2.24. The van der Waals surface area contributed by atoms with E-state index >= 15 is 0 Å².